The molecule has 0 aromatic heterocycles. The maximum absolute atomic E-state index is 13.3. The minimum Gasteiger partial charge on any atom is -0.352 e. The van der Waals surface area contributed by atoms with Crippen LogP contribution in [0.2, 0.25) is 5.02 Å². The van der Waals surface area contributed by atoms with Gasteiger partial charge >= 0.3 is 0 Å². The second-order valence-electron chi connectivity index (χ2n) is 7.64. The van der Waals surface area contributed by atoms with Gasteiger partial charge in [0.1, 0.15) is 6.04 Å². The van der Waals surface area contributed by atoms with Gasteiger partial charge < -0.3 is 10.2 Å². The highest BCUT2D eigenvalue weighted by Crippen LogP contribution is 2.41. The van der Waals surface area contributed by atoms with Gasteiger partial charge in [-0.2, -0.15) is 0 Å². The molecule has 1 N–H and O–H groups in total. The summed E-state index contributed by atoms with van der Waals surface area (Å²) in [5.74, 6) is 1.15. The van der Waals surface area contributed by atoms with E-state index in [2.05, 4.69) is 5.32 Å². The van der Waals surface area contributed by atoms with Gasteiger partial charge in [0.05, 0.1) is 5.37 Å². The van der Waals surface area contributed by atoms with Gasteiger partial charge in [0.2, 0.25) is 5.91 Å². The number of hydrogen-bond acceptors (Lipinski definition) is 3. The molecule has 2 atom stereocenters. The van der Waals surface area contributed by atoms with Crippen LogP contribution in [0.25, 0.3) is 0 Å². The van der Waals surface area contributed by atoms with E-state index < -0.39 is 0 Å². The smallest absolute Gasteiger partial charge is 0.255 e. The molecule has 0 bridgehead atoms. The molecular weight excluding hydrogens is 368 g/mol. The predicted octanol–water partition coefficient (Wildman–Crippen LogP) is 4.08. The predicted molar refractivity (Wildman–Crippen MR) is 105 cm³/mol. The number of nitrogens with one attached hydrogen (secondary N) is 1. The van der Waals surface area contributed by atoms with Crippen LogP contribution in [0.1, 0.15) is 55.3 Å². The Labute approximate surface area is 164 Å². The number of carbonyl (C=O) groups excluding carboxylic acids is 2. The molecule has 3 aliphatic rings. The topological polar surface area (TPSA) is 49.4 Å². The minimum absolute atomic E-state index is 0.0145. The number of amides is 2. The Morgan fingerprint density at radius 1 is 1.04 bits per heavy atom. The van der Waals surface area contributed by atoms with Crippen molar-refractivity contribution in [2.45, 2.75) is 62.4 Å². The fourth-order valence-corrected chi connectivity index (χ4v) is 5.80. The number of benzene rings is 1. The molecule has 2 amide bonds. The zero-order chi connectivity index (χ0) is 18.1. The maximum Gasteiger partial charge on any atom is 0.255 e. The van der Waals surface area contributed by atoms with Crippen molar-refractivity contribution in [1.82, 2.24) is 10.2 Å². The van der Waals surface area contributed by atoms with Crippen molar-refractivity contribution in [3.8, 4) is 0 Å². The minimum atomic E-state index is -0.365. The molecule has 4 rings (SSSR count). The van der Waals surface area contributed by atoms with Crippen LogP contribution < -0.4 is 5.32 Å². The molecule has 4 nitrogen and oxygen atoms in total. The van der Waals surface area contributed by atoms with Crippen LogP contribution >= 0.6 is 23.4 Å². The lowest BCUT2D eigenvalue weighted by Crippen LogP contribution is -2.51. The Kier molecular flexibility index (Phi) is 5.46. The third-order valence-corrected chi connectivity index (χ3v) is 7.35. The van der Waals surface area contributed by atoms with Crippen LogP contribution in [0.4, 0.5) is 0 Å². The summed E-state index contributed by atoms with van der Waals surface area (Å²) in [6, 6.07) is 6.97. The first-order valence-corrected chi connectivity index (χ1v) is 11.1. The van der Waals surface area contributed by atoms with E-state index in [1.165, 1.54) is 19.3 Å². The van der Waals surface area contributed by atoms with Crippen molar-refractivity contribution < 1.29 is 9.59 Å². The Bertz CT molecular complexity index is 671. The maximum atomic E-state index is 13.3. The molecule has 2 unspecified atom stereocenters. The number of carbonyl (C=O) groups is 2. The first kappa shape index (κ1) is 18.2. The van der Waals surface area contributed by atoms with Crippen molar-refractivity contribution in [2.75, 3.05) is 5.75 Å². The Morgan fingerprint density at radius 3 is 2.38 bits per heavy atom. The number of rotatable bonds is 4. The van der Waals surface area contributed by atoms with Crippen LogP contribution in [-0.4, -0.2) is 39.9 Å². The van der Waals surface area contributed by atoms with E-state index in [4.69, 9.17) is 11.6 Å². The molecule has 2 aliphatic carbocycles. The quantitative estimate of drug-likeness (QED) is 0.839. The molecule has 0 spiro atoms. The van der Waals surface area contributed by atoms with E-state index >= 15 is 0 Å². The number of hydrogen-bond donors (Lipinski definition) is 1. The summed E-state index contributed by atoms with van der Waals surface area (Å²) in [7, 11) is 0. The molecule has 1 aromatic carbocycles. The van der Waals surface area contributed by atoms with Crippen LogP contribution in [0.5, 0.6) is 0 Å². The summed E-state index contributed by atoms with van der Waals surface area (Å²) in [4.78, 5) is 28.0. The highest BCUT2D eigenvalue weighted by atomic mass is 35.5. The summed E-state index contributed by atoms with van der Waals surface area (Å²) in [6.07, 6.45) is 8.15. The zero-order valence-electron chi connectivity index (χ0n) is 14.8. The van der Waals surface area contributed by atoms with Crippen LogP contribution in [0.3, 0.4) is 0 Å². The van der Waals surface area contributed by atoms with E-state index in [1.54, 1.807) is 36.0 Å². The first-order valence-electron chi connectivity index (χ1n) is 9.63. The van der Waals surface area contributed by atoms with Gasteiger partial charge in [-0.3, -0.25) is 9.59 Å². The van der Waals surface area contributed by atoms with Crippen molar-refractivity contribution >= 4 is 35.2 Å². The lowest BCUT2D eigenvalue weighted by molar-refractivity contribution is -0.125. The average molecular weight is 393 g/mol. The molecule has 1 saturated heterocycles. The van der Waals surface area contributed by atoms with Gasteiger partial charge in [0, 0.05) is 22.4 Å². The Hall–Kier alpha value is -1.20. The third kappa shape index (κ3) is 3.89. The van der Waals surface area contributed by atoms with E-state index in [1.807, 2.05) is 4.90 Å². The van der Waals surface area contributed by atoms with Crippen molar-refractivity contribution in [2.24, 2.45) is 5.92 Å². The Balaban J connectivity index is 1.58. The van der Waals surface area contributed by atoms with Crippen molar-refractivity contribution in [3.63, 3.8) is 0 Å². The van der Waals surface area contributed by atoms with Gasteiger partial charge in [-0.1, -0.05) is 30.9 Å². The van der Waals surface area contributed by atoms with Crippen LogP contribution in [-0.2, 0) is 4.79 Å². The molecule has 2 saturated carbocycles. The van der Waals surface area contributed by atoms with E-state index in [0.29, 0.717) is 28.3 Å². The van der Waals surface area contributed by atoms with E-state index in [9.17, 15) is 9.59 Å². The highest BCUT2D eigenvalue weighted by molar-refractivity contribution is 8.00. The number of nitrogens with zero attached hydrogens (tertiary/aromatic N) is 1. The zero-order valence-corrected chi connectivity index (χ0v) is 16.4. The monoisotopic (exact) mass is 392 g/mol. The third-order valence-electron chi connectivity index (χ3n) is 5.64. The number of thioether (sulfide) groups is 1. The lowest BCUT2D eigenvalue weighted by Gasteiger charge is -2.35. The molecule has 1 heterocycles. The van der Waals surface area contributed by atoms with Gasteiger partial charge in [0.25, 0.3) is 5.91 Å². The molecule has 1 aliphatic heterocycles. The molecule has 0 radical (unpaired) electrons. The van der Waals surface area contributed by atoms with Gasteiger partial charge in [-0.15, -0.1) is 11.8 Å². The lowest BCUT2D eigenvalue weighted by atomic mass is 9.88. The SMILES string of the molecule is O=C(NC1CC1)C1CSC(C2CCCCC2)N1C(=O)c1ccc(Cl)cc1. The first-order chi connectivity index (χ1) is 12.6. The fourth-order valence-electron chi connectivity index (χ4n) is 4.04. The van der Waals surface area contributed by atoms with Gasteiger partial charge in [-0.05, 0) is 55.9 Å². The summed E-state index contributed by atoms with van der Waals surface area (Å²) in [5, 5.41) is 3.82. The largest absolute Gasteiger partial charge is 0.352 e. The molecule has 26 heavy (non-hydrogen) atoms. The Morgan fingerprint density at radius 2 is 1.73 bits per heavy atom. The van der Waals surface area contributed by atoms with Crippen LogP contribution in [0, 0.1) is 5.92 Å². The fraction of sp³-hybridized carbons (Fsp3) is 0.600. The van der Waals surface area contributed by atoms with E-state index in [0.717, 1.165) is 25.7 Å². The van der Waals surface area contributed by atoms with Crippen molar-refractivity contribution in [1.29, 1.82) is 0 Å². The second kappa shape index (κ2) is 7.81. The van der Waals surface area contributed by atoms with Gasteiger partial charge in [-0.25, -0.2) is 0 Å². The second-order valence-corrected chi connectivity index (χ2v) is 9.23. The van der Waals surface area contributed by atoms with Crippen LogP contribution in [0.15, 0.2) is 24.3 Å². The molecular formula is C20H25ClN2O2S. The summed E-state index contributed by atoms with van der Waals surface area (Å²) >= 11 is 7.76. The summed E-state index contributed by atoms with van der Waals surface area (Å²) in [6.45, 7) is 0. The normalized spacial score (nSPS) is 26.7. The summed E-state index contributed by atoms with van der Waals surface area (Å²) < 4.78 is 0. The summed E-state index contributed by atoms with van der Waals surface area (Å²) in [5.41, 5.74) is 0.613. The molecule has 140 valence electrons. The number of halogens is 1. The molecule has 1 aromatic rings. The molecule has 3 fully saturated rings. The van der Waals surface area contributed by atoms with E-state index in [-0.39, 0.29) is 23.2 Å². The molecule has 6 heteroatoms. The standard InChI is InChI=1S/C20H25ClN2O2S/c21-15-8-6-13(7-9-15)19(25)23-17(18(24)22-16-10-11-16)12-26-20(23)14-4-2-1-3-5-14/h6-9,14,16-17,20H,1-5,10-12H2,(H,22,24). The highest BCUT2D eigenvalue weighted by Gasteiger charge is 2.45. The average Bonchev–Trinajstić information content (AvgIpc) is 3.36. The van der Waals surface area contributed by atoms with Gasteiger partial charge in [0.15, 0.2) is 0 Å². The van der Waals surface area contributed by atoms with Crippen molar-refractivity contribution in [3.05, 3.63) is 34.9 Å².